The van der Waals surface area contributed by atoms with E-state index in [2.05, 4.69) is 15.7 Å². The molecule has 1 aliphatic rings. The number of nitrogens with zero attached hydrogens (tertiary/aromatic N) is 4. The monoisotopic (exact) mass is 426 g/mol. The number of nitrogens with two attached hydrogens (primary N) is 1. The molecular weight excluding hydrogens is 406 g/mol. The van der Waals surface area contributed by atoms with Crippen LogP contribution in [-0.2, 0) is 17.8 Å². The Labute approximate surface area is 176 Å². The van der Waals surface area contributed by atoms with Gasteiger partial charge in [0.25, 0.3) is 6.08 Å². The van der Waals surface area contributed by atoms with Gasteiger partial charge in [-0.05, 0) is 70.3 Å². The number of carbonyl (C=O) groups is 1. The summed E-state index contributed by atoms with van der Waals surface area (Å²) in [5.74, 6) is 0.0227. The van der Waals surface area contributed by atoms with E-state index >= 15 is 0 Å². The van der Waals surface area contributed by atoms with Gasteiger partial charge in [0.05, 0.1) is 12.2 Å². The lowest BCUT2D eigenvalue weighted by molar-refractivity contribution is -0.116. The van der Waals surface area contributed by atoms with Gasteiger partial charge in [0.2, 0.25) is 5.91 Å². The van der Waals surface area contributed by atoms with Gasteiger partial charge in [-0.2, -0.15) is 18.1 Å². The van der Waals surface area contributed by atoms with Gasteiger partial charge in [0.15, 0.2) is 0 Å². The first-order chi connectivity index (χ1) is 14.9. The molecule has 0 saturated heterocycles. The SMILES string of the molecule is Cc1cc(-c2ccc(-n3nnn(CC(CN)=C(F)F)c3=O)cc2)cc2c1NC(=O)CC2. The van der Waals surface area contributed by atoms with Gasteiger partial charge in [-0.15, -0.1) is 0 Å². The zero-order chi connectivity index (χ0) is 22.1. The fourth-order valence-electron chi connectivity index (χ4n) is 3.57. The number of carbonyl (C=O) groups excluding carboxylic acids is 1. The van der Waals surface area contributed by atoms with Crippen molar-refractivity contribution in [3.8, 4) is 16.8 Å². The summed E-state index contributed by atoms with van der Waals surface area (Å²) in [6.07, 6.45) is -0.778. The third-order valence-electron chi connectivity index (χ3n) is 5.24. The number of anilines is 1. The molecule has 1 aromatic heterocycles. The molecule has 0 aliphatic carbocycles. The molecule has 3 N–H and O–H groups in total. The number of nitrogens with one attached hydrogen (secondary N) is 1. The number of halogens is 2. The molecule has 0 bridgehead atoms. The van der Waals surface area contributed by atoms with Crippen molar-refractivity contribution >= 4 is 11.6 Å². The molecule has 10 heteroatoms. The predicted octanol–water partition coefficient (Wildman–Crippen LogP) is 2.40. The lowest BCUT2D eigenvalue weighted by atomic mass is 9.94. The van der Waals surface area contributed by atoms with Crippen LogP contribution in [0.1, 0.15) is 17.5 Å². The highest BCUT2D eigenvalue weighted by Gasteiger charge is 2.18. The Morgan fingerprint density at radius 3 is 2.52 bits per heavy atom. The van der Waals surface area contributed by atoms with Crippen LogP contribution in [0.25, 0.3) is 16.8 Å². The first kappa shape index (κ1) is 20.6. The van der Waals surface area contributed by atoms with Gasteiger partial charge in [0, 0.05) is 24.2 Å². The lowest BCUT2D eigenvalue weighted by Crippen LogP contribution is -2.26. The van der Waals surface area contributed by atoms with Gasteiger partial charge in [-0.25, -0.2) is 4.79 Å². The predicted molar refractivity (Wildman–Crippen MR) is 111 cm³/mol. The molecule has 3 aromatic rings. The Kier molecular flexibility index (Phi) is 5.47. The van der Waals surface area contributed by atoms with Crippen LogP contribution < -0.4 is 16.7 Å². The van der Waals surface area contributed by atoms with E-state index in [1.54, 1.807) is 12.1 Å². The Balaban J connectivity index is 1.61. The average molecular weight is 426 g/mol. The molecule has 0 spiro atoms. The highest BCUT2D eigenvalue weighted by atomic mass is 19.3. The fraction of sp³-hybridized carbons (Fsp3) is 0.238. The van der Waals surface area contributed by atoms with Crippen LogP contribution in [0.2, 0.25) is 0 Å². The van der Waals surface area contributed by atoms with Crippen molar-refractivity contribution in [2.24, 2.45) is 5.73 Å². The summed E-state index contributed by atoms with van der Waals surface area (Å²) in [5, 5.41) is 10.4. The van der Waals surface area contributed by atoms with Crippen molar-refractivity contribution in [1.29, 1.82) is 0 Å². The average Bonchev–Trinajstić information content (AvgIpc) is 3.12. The molecule has 0 radical (unpaired) electrons. The number of amides is 1. The van der Waals surface area contributed by atoms with E-state index in [9.17, 15) is 18.4 Å². The van der Waals surface area contributed by atoms with Crippen LogP contribution in [0, 0.1) is 6.92 Å². The maximum Gasteiger partial charge on any atom is 0.368 e. The topological polar surface area (TPSA) is 108 Å². The fourth-order valence-corrected chi connectivity index (χ4v) is 3.57. The first-order valence-corrected chi connectivity index (χ1v) is 9.67. The summed E-state index contributed by atoms with van der Waals surface area (Å²) < 4.78 is 27.5. The van der Waals surface area contributed by atoms with Crippen molar-refractivity contribution in [3.05, 3.63) is 69.7 Å². The van der Waals surface area contributed by atoms with E-state index in [4.69, 9.17) is 5.73 Å². The second-order valence-corrected chi connectivity index (χ2v) is 7.32. The number of aromatic nitrogens is 4. The van der Waals surface area contributed by atoms with E-state index in [0.717, 1.165) is 37.3 Å². The standard InChI is InChI=1S/C21H20F2N6O2/c1-12-8-15(9-14-4-7-18(30)25-19(12)14)13-2-5-17(6-3-13)29-21(31)28(26-27-29)11-16(10-24)20(22)23/h2-3,5-6,8-9H,4,7,10-11,24H2,1H3,(H,25,30). The lowest BCUT2D eigenvalue weighted by Gasteiger charge is -2.20. The highest BCUT2D eigenvalue weighted by Crippen LogP contribution is 2.32. The molecule has 1 amide bonds. The third kappa shape index (κ3) is 4.02. The van der Waals surface area contributed by atoms with Gasteiger partial charge < -0.3 is 11.1 Å². The van der Waals surface area contributed by atoms with Crippen molar-refractivity contribution in [2.45, 2.75) is 26.3 Å². The third-order valence-corrected chi connectivity index (χ3v) is 5.24. The summed E-state index contributed by atoms with van der Waals surface area (Å²) in [4.78, 5) is 24.1. The molecule has 8 nitrogen and oxygen atoms in total. The summed E-state index contributed by atoms with van der Waals surface area (Å²) in [7, 11) is 0. The van der Waals surface area contributed by atoms with Gasteiger partial charge in [-0.3, -0.25) is 4.79 Å². The summed E-state index contributed by atoms with van der Waals surface area (Å²) >= 11 is 0. The second kappa shape index (κ2) is 8.23. The van der Waals surface area contributed by atoms with Crippen molar-refractivity contribution in [1.82, 2.24) is 19.8 Å². The molecule has 1 aliphatic heterocycles. The number of fused-ring (bicyclic) bond motifs is 1. The molecule has 2 heterocycles. The van der Waals surface area contributed by atoms with Gasteiger partial charge in [0.1, 0.15) is 0 Å². The Morgan fingerprint density at radius 1 is 1.10 bits per heavy atom. The minimum atomic E-state index is -1.92. The molecule has 4 rings (SSSR count). The van der Waals surface area contributed by atoms with Crippen molar-refractivity contribution < 1.29 is 13.6 Å². The number of tetrazole rings is 1. The van der Waals surface area contributed by atoms with Crippen LogP contribution in [0.15, 0.2) is 52.8 Å². The zero-order valence-corrected chi connectivity index (χ0v) is 16.7. The van der Waals surface area contributed by atoms with Crippen LogP contribution >= 0.6 is 0 Å². The van der Waals surface area contributed by atoms with Crippen LogP contribution in [0.3, 0.4) is 0 Å². The van der Waals surface area contributed by atoms with Crippen LogP contribution in [-0.4, -0.2) is 32.2 Å². The first-order valence-electron chi connectivity index (χ1n) is 9.67. The van der Waals surface area contributed by atoms with E-state index in [0.29, 0.717) is 18.5 Å². The Morgan fingerprint density at radius 2 is 1.84 bits per heavy atom. The summed E-state index contributed by atoms with van der Waals surface area (Å²) in [5.41, 5.74) is 9.60. The molecule has 0 saturated carbocycles. The minimum absolute atomic E-state index is 0.0227. The number of hydrogen-bond donors (Lipinski definition) is 2. The molecule has 0 atom stereocenters. The normalized spacial score (nSPS) is 13.0. The maximum absolute atomic E-state index is 12.8. The van der Waals surface area contributed by atoms with Crippen molar-refractivity contribution in [3.63, 3.8) is 0 Å². The second-order valence-electron chi connectivity index (χ2n) is 7.32. The van der Waals surface area contributed by atoms with E-state index in [1.807, 2.05) is 31.2 Å². The van der Waals surface area contributed by atoms with Gasteiger partial charge >= 0.3 is 5.69 Å². The molecule has 2 aromatic carbocycles. The van der Waals surface area contributed by atoms with E-state index in [1.165, 1.54) is 0 Å². The minimum Gasteiger partial charge on any atom is -0.327 e. The quantitative estimate of drug-likeness (QED) is 0.651. The maximum atomic E-state index is 12.8. The number of aryl methyl sites for hydroxylation is 2. The molecular formula is C21H20F2N6O2. The summed E-state index contributed by atoms with van der Waals surface area (Å²) in [6.45, 7) is 1.16. The number of hydrogen-bond acceptors (Lipinski definition) is 5. The molecule has 0 unspecified atom stereocenters. The summed E-state index contributed by atoms with van der Waals surface area (Å²) in [6, 6.07) is 11.1. The zero-order valence-electron chi connectivity index (χ0n) is 16.7. The Bertz CT molecular complexity index is 1240. The van der Waals surface area contributed by atoms with E-state index in [-0.39, 0.29) is 18.0 Å². The molecule has 160 valence electrons. The van der Waals surface area contributed by atoms with Gasteiger partial charge in [-0.1, -0.05) is 12.1 Å². The van der Waals surface area contributed by atoms with Crippen LogP contribution in [0.5, 0.6) is 0 Å². The number of benzene rings is 2. The number of rotatable bonds is 5. The van der Waals surface area contributed by atoms with Crippen molar-refractivity contribution in [2.75, 3.05) is 11.9 Å². The Hall–Kier alpha value is -3.66. The van der Waals surface area contributed by atoms with E-state index < -0.39 is 18.3 Å². The highest BCUT2D eigenvalue weighted by molar-refractivity contribution is 5.95. The smallest absolute Gasteiger partial charge is 0.327 e. The largest absolute Gasteiger partial charge is 0.368 e. The van der Waals surface area contributed by atoms with Crippen LogP contribution in [0.4, 0.5) is 14.5 Å². The molecule has 31 heavy (non-hydrogen) atoms. The molecule has 0 fully saturated rings.